The Balaban J connectivity index is 1.30. The molecule has 9 aromatic rings. The highest BCUT2D eigenvalue weighted by Crippen LogP contribution is 2.38. The topological polar surface area (TPSA) is 43.6 Å². The van der Waals surface area contributed by atoms with Crippen LogP contribution in [0.4, 0.5) is 0 Å². The minimum Gasteiger partial charge on any atom is -0.309 e. The molecule has 4 nitrogen and oxygen atoms in total. The van der Waals surface area contributed by atoms with E-state index in [1.807, 2.05) is 30.3 Å². The molecule has 2 heterocycles. The molecule has 0 aliphatic heterocycles. The second kappa shape index (κ2) is 11.2. The first kappa shape index (κ1) is 27.0. The van der Waals surface area contributed by atoms with Crippen molar-refractivity contribution in [1.29, 1.82) is 0 Å². The molecule has 0 spiro atoms. The number of benzene rings is 7. The zero-order valence-electron chi connectivity index (χ0n) is 25.5. The summed E-state index contributed by atoms with van der Waals surface area (Å²) in [5, 5.41) is 4.69. The third kappa shape index (κ3) is 4.58. The number of fused-ring (bicyclic) bond motifs is 4. The van der Waals surface area contributed by atoms with Gasteiger partial charge < -0.3 is 4.57 Å². The number of aromatic nitrogens is 4. The number of nitrogens with zero attached hydrogens (tertiary/aromatic N) is 4. The Kier molecular flexibility index (Phi) is 6.43. The summed E-state index contributed by atoms with van der Waals surface area (Å²) in [7, 11) is 0. The third-order valence-electron chi connectivity index (χ3n) is 8.88. The van der Waals surface area contributed by atoms with Gasteiger partial charge in [0.25, 0.3) is 0 Å². The van der Waals surface area contributed by atoms with E-state index in [1.54, 1.807) is 0 Å². The third-order valence-corrected chi connectivity index (χ3v) is 8.88. The maximum absolute atomic E-state index is 5.20. The molecule has 47 heavy (non-hydrogen) atoms. The van der Waals surface area contributed by atoms with Gasteiger partial charge in [-0.1, -0.05) is 146 Å². The summed E-state index contributed by atoms with van der Waals surface area (Å²) >= 11 is 0. The van der Waals surface area contributed by atoms with E-state index < -0.39 is 0 Å². The first-order valence-electron chi connectivity index (χ1n) is 15.8. The Morgan fingerprint density at radius 2 is 0.766 bits per heavy atom. The largest absolute Gasteiger partial charge is 0.309 e. The molecule has 0 amide bonds. The van der Waals surface area contributed by atoms with Crippen LogP contribution in [0.1, 0.15) is 0 Å². The second-order valence-electron chi connectivity index (χ2n) is 11.6. The molecule has 0 saturated heterocycles. The van der Waals surface area contributed by atoms with E-state index in [0.29, 0.717) is 17.5 Å². The predicted molar refractivity (Wildman–Crippen MR) is 193 cm³/mol. The fourth-order valence-corrected chi connectivity index (χ4v) is 6.74. The molecule has 9 rings (SSSR count). The molecule has 0 unspecified atom stereocenters. The molecular formula is C43H28N4. The Labute approximate surface area is 272 Å². The Hall–Kier alpha value is -6.39. The highest BCUT2D eigenvalue weighted by atomic mass is 15.0. The standard InChI is InChI=1S/C43H28N4/c1-3-15-29(16-4-1)31-19-7-10-24-36(31)42-44-41(30-17-5-2-6-18-30)45-43(46-42)37-27-28-40(33-21-9-8-20-32(33)37)47-38-25-13-11-22-34(38)35-23-12-14-26-39(35)47/h1-28H. The van der Waals surface area contributed by atoms with E-state index >= 15 is 0 Å². The van der Waals surface area contributed by atoms with Gasteiger partial charge in [0.2, 0.25) is 0 Å². The highest BCUT2D eigenvalue weighted by molar-refractivity contribution is 6.11. The molecule has 0 aliphatic rings. The molecule has 0 atom stereocenters. The van der Waals surface area contributed by atoms with Gasteiger partial charge in [0.05, 0.1) is 16.7 Å². The van der Waals surface area contributed by atoms with Gasteiger partial charge >= 0.3 is 0 Å². The monoisotopic (exact) mass is 600 g/mol. The van der Waals surface area contributed by atoms with Gasteiger partial charge in [-0.05, 0) is 40.8 Å². The van der Waals surface area contributed by atoms with Crippen molar-refractivity contribution in [2.45, 2.75) is 0 Å². The summed E-state index contributed by atoms with van der Waals surface area (Å²) in [6, 6.07) is 59.1. The predicted octanol–water partition coefficient (Wildman–Crippen LogP) is 10.8. The summed E-state index contributed by atoms with van der Waals surface area (Å²) < 4.78 is 2.38. The molecular weight excluding hydrogens is 573 g/mol. The van der Waals surface area contributed by atoms with Gasteiger partial charge in [-0.25, -0.2) is 15.0 Å². The normalized spacial score (nSPS) is 11.4. The van der Waals surface area contributed by atoms with Gasteiger partial charge in [-0.15, -0.1) is 0 Å². The average Bonchev–Trinajstić information content (AvgIpc) is 3.49. The number of para-hydroxylation sites is 2. The average molecular weight is 601 g/mol. The van der Waals surface area contributed by atoms with E-state index in [0.717, 1.165) is 44.3 Å². The molecule has 0 saturated carbocycles. The zero-order chi connectivity index (χ0) is 31.2. The van der Waals surface area contributed by atoms with Gasteiger partial charge in [0.15, 0.2) is 17.5 Å². The lowest BCUT2D eigenvalue weighted by atomic mass is 9.99. The van der Waals surface area contributed by atoms with Crippen LogP contribution in [-0.4, -0.2) is 19.5 Å². The fourth-order valence-electron chi connectivity index (χ4n) is 6.74. The lowest BCUT2D eigenvalue weighted by molar-refractivity contribution is 1.08. The Morgan fingerprint density at radius 1 is 0.298 bits per heavy atom. The van der Waals surface area contributed by atoms with Gasteiger partial charge in [-0.2, -0.15) is 0 Å². The van der Waals surface area contributed by atoms with Gasteiger partial charge in [0, 0.05) is 32.8 Å². The van der Waals surface area contributed by atoms with Crippen molar-refractivity contribution in [2.75, 3.05) is 0 Å². The van der Waals surface area contributed by atoms with Crippen LogP contribution < -0.4 is 0 Å². The van der Waals surface area contributed by atoms with Crippen LogP contribution in [0, 0.1) is 0 Å². The minimum absolute atomic E-state index is 0.640. The number of rotatable bonds is 5. The van der Waals surface area contributed by atoms with E-state index in [9.17, 15) is 0 Å². The molecule has 0 radical (unpaired) electrons. The first-order valence-corrected chi connectivity index (χ1v) is 15.8. The van der Waals surface area contributed by atoms with E-state index in [-0.39, 0.29) is 0 Å². The Bertz CT molecular complexity index is 2520. The van der Waals surface area contributed by atoms with Crippen LogP contribution in [0.3, 0.4) is 0 Å². The molecule has 220 valence electrons. The van der Waals surface area contributed by atoms with Crippen molar-refractivity contribution in [2.24, 2.45) is 0 Å². The smallest absolute Gasteiger partial charge is 0.164 e. The maximum atomic E-state index is 5.20. The number of hydrogen-bond donors (Lipinski definition) is 0. The van der Waals surface area contributed by atoms with E-state index in [2.05, 4.69) is 144 Å². The molecule has 0 N–H and O–H groups in total. The second-order valence-corrected chi connectivity index (χ2v) is 11.6. The van der Waals surface area contributed by atoms with Crippen LogP contribution in [0.25, 0.3) is 83.6 Å². The molecule has 7 aromatic carbocycles. The van der Waals surface area contributed by atoms with Crippen LogP contribution in [0.5, 0.6) is 0 Å². The first-order chi connectivity index (χ1) is 23.3. The molecule has 0 aliphatic carbocycles. The van der Waals surface area contributed by atoms with Gasteiger partial charge in [-0.3, -0.25) is 0 Å². The van der Waals surface area contributed by atoms with Crippen LogP contribution >= 0.6 is 0 Å². The summed E-state index contributed by atoms with van der Waals surface area (Å²) in [5.74, 6) is 1.93. The fraction of sp³-hybridized carbons (Fsp3) is 0. The molecule has 4 heteroatoms. The van der Waals surface area contributed by atoms with Crippen molar-refractivity contribution in [3.8, 4) is 51.0 Å². The number of hydrogen-bond acceptors (Lipinski definition) is 3. The van der Waals surface area contributed by atoms with Crippen LogP contribution in [-0.2, 0) is 0 Å². The van der Waals surface area contributed by atoms with Crippen molar-refractivity contribution in [3.05, 3.63) is 170 Å². The van der Waals surface area contributed by atoms with Crippen molar-refractivity contribution < 1.29 is 0 Å². The van der Waals surface area contributed by atoms with Crippen molar-refractivity contribution >= 4 is 32.6 Å². The molecule has 0 bridgehead atoms. The van der Waals surface area contributed by atoms with E-state index in [1.165, 1.54) is 21.8 Å². The summed E-state index contributed by atoms with van der Waals surface area (Å²) in [4.78, 5) is 15.4. The molecule has 0 fully saturated rings. The zero-order valence-corrected chi connectivity index (χ0v) is 25.5. The lowest BCUT2D eigenvalue weighted by Gasteiger charge is -2.15. The molecule has 2 aromatic heterocycles. The maximum Gasteiger partial charge on any atom is 0.164 e. The SMILES string of the molecule is c1ccc(-c2nc(-c3ccccc3-c3ccccc3)nc(-c3ccc(-n4c5ccccc5c5ccccc54)c4ccccc34)n2)cc1. The quantitative estimate of drug-likeness (QED) is 0.197. The van der Waals surface area contributed by atoms with Crippen molar-refractivity contribution in [1.82, 2.24) is 19.5 Å². The highest BCUT2D eigenvalue weighted by Gasteiger charge is 2.19. The Morgan fingerprint density at radius 3 is 1.43 bits per heavy atom. The van der Waals surface area contributed by atoms with Crippen LogP contribution in [0.15, 0.2) is 170 Å². The summed E-state index contributed by atoms with van der Waals surface area (Å²) in [6.45, 7) is 0. The minimum atomic E-state index is 0.640. The van der Waals surface area contributed by atoms with Crippen LogP contribution in [0.2, 0.25) is 0 Å². The van der Waals surface area contributed by atoms with Crippen molar-refractivity contribution in [3.63, 3.8) is 0 Å². The van der Waals surface area contributed by atoms with E-state index in [4.69, 9.17) is 15.0 Å². The summed E-state index contributed by atoms with van der Waals surface area (Å²) in [6.07, 6.45) is 0. The summed E-state index contributed by atoms with van der Waals surface area (Å²) in [5.41, 5.74) is 8.54. The lowest BCUT2D eigenvalue weighted by Crippen LogP contribution is -2.02. The van der Waals surface area contributed by atoms with Gasteiger partial charge in [0.1, 0.15) is 0 Å².